The molecule has 0 saturated carbocycles. The molecule has 13 heavy (non-hydrogen) atoms. The number of benzene rings is 1. The zero-order chi connectivity index (χ0) is 9.47. The molecule has 1 heterocycles. The maximum absolute atomic E-state index is 4.42. The molecule has 1 aromatic carbocycles. The molecule has 1 aliphatic heterocycles. The second-order valence-electron chi connectivity index (χ2n) is 4.53. The summed E-state index contributed by atoms with van der Waals surface area (Å²) < 4.78 is 0. The highest BCUT2D eigenvalue weighted by molar-refractivity contribution is 5.37. The van der Waals surface area contributed by atoms with Crippen LogP contribution < -0.4 is 10.6 Å². The molecule has 1 aliphatic rings. The van der Waals surface area contributed by atoms with Gasteiger partial charge in [0.15, 0.2) is 0 Å². The summed E-state index contributed by atoms with van der Waals surface area (Å²) in [7, 11) is 0. The molecule has 0 saturated heterocycles. The standard InChI is InChI=1S/C12H15N/c1-12(2,3)10-5-4-6-11-9(10)7-8-13-11/h4-7H,8H2,1-3H3. The van der Waals surface area contributed by atoms with Crippen molar-refractivity contribution in [3.8, 4) is 0 Å². The van der Waals surface area contributed by atoms with E-state index in [1.165, 1.54) is 10.8 Å². The number of nitrogens with zero attached hydrogens (tertiary/aromatic N) is 1. The van der Waals surface area contributed by atoms with Crippen LogP contribution in [0.25, 0.3) is 6.08 Å². The molecule has 0 atom stereocenters. The molecule has 0 N–H and O–H groups in total. The van der Waals surface area contributed by atoms with Crippen LogP contribution in [-0.2, 0) is 5.41 Å². The minimum Gasteiger partial charge on any atom is -0.281 e. The van der Waals surface area contributed by atoms with E-state index in [4.69, 9.17) is 0 Å². The molecule has 0 bridgehead atoms. The van der Waals surface area contributed by atoms with Gasteiger partial charge in [-0.15, -0.1) is 0 Å². The van der Waals surface area contributed by atoms with E-state index in [-0.39, 0.29) is 5.41 Å². The van der Waals surface area contributed by atoms with Crippen LogP contribution in [0, 0.1) is 0 Å². The Labute approximate surface area is 78.8 Å². The lowest BCUT2D eigenvalue weighted by Gasteiger charge is -2.19. The third kappa shape index (κ3) is 1.39. The number of rotatable bonds is 0. The van der Waals surface area contributed by atoms with Gasteiger partial charge in [0.25, 0.3) is 0 Å². The summed E-state index contributed by atoms with van der Waals surface area (Å²) in [5.41, 5.74) is 1.63. The molecule has 2 rings (SSSR count). The molecule has 0 aromatic heterocycles. The lowest BCUT2D eigenvalue weighted by Crippen LogP contribution is -2.31. The number of hydrogen-bond donors (Lipinski definition) is 0. The molecule has 68 valence electrons. The number of hydrogen-bond acceptors (Lipinski definition) is 1. The Bertz CT molecular complexity index is 435. The van der Waals surface area contributed by atoms with Gasteiger partial charge >= 0.3 is 0 Å². The Morgan fingerprint density at radius 2 is 2.00 bits per heavy atom. The van der Waals surface area contributed by atoms with Crippen molar-refractivity contribution < 1.29 is 0 Å². The molecule has 0 spiro atoms. The maximum atomic E-state index is 4.42. The van der Waals surface area contributed by atoms with E-state index in [1.807, 2.05) is 0 Å². The van der Waals surface area contributed by atoms with Gasteiger partial charge in [0.1, 0.15) is 0 Å². The smallest absolute Gasteiger partial charge is 0.0650 e. The fourth-order valence-corrected chi connectivity index (χ4v) is 1.79. The molecule has 1 heteroatoms. The first-order chi connectivity index (χ1) is 6.09. The summed E-state index contributed by atoms with van der Waals surface area (Å²) in [6, 6.07) is 6.40. The van der Waals surface area contributed by atoms with Crippen LogP contribution in [0.15, 0.2) is 23.2 Å². The SMILES string of the molecule is CC(C)(C)c1cccc2c1=CCN=2. The van der Waals surface area contributed by atoms with E-state index >= 15 is 0 Å². The van der Waals surface area contributed by atoms with E-state index in [9.17, 15) is 0 Å². The normalized spacial score (nSPS) is 14.7. The first-order valence-corrected chi connectivity index (χ1v) is 4.73. The summed E-state index contributed by atoms with van der Waals surface area (Å²) in [6.45, 7) is 7.58. The van der Waals surface area contributed by atoms with Crippen molar-refractivity contribution in [2.24, 2.45) is 4.99 Å². The Balaban J connectivity index is 2.77. The summed E-state index contributed by atoms with van der Waals surface area (Å²) in [5.74, 6) is 0. The van der Waals surface area contributed by atoms with E-state index in [0.717, 1.165) is 11.9 Å². The van der Waals surface area contributed by atoms with E-state index < -0.39 is 0 Å². The molecule has 0 fully saturated rings. The second kappa shape index (κ2) is 2.69. The van der Waals surface area contributed by atoms with Crippen LogP contribution in [0.1, 0.15) is 26.3 Å². The first-order valence-electron chi connectivity index (χ1n) is 4.73. The Morgan fingerprint density at radius 3 is 2.69 bits per heavy atom. The Hall–Kier alpha value is -1.11. The monoisotopic (exact) mass is 173 g/mol. The van der Waals surface area contributed by atoms with Crippen molar-refractivity contribution in [1.29, 1.82) is 0 Å². The van der Waals surface area contributed by atoms with Gasteiger partial charge in [0.05, 0.1) is 11.9 Å². The van der Waals surface area contributed by atoms with Crippen LogP contribution in [0.2, 0.25) is 0 Å². The third-order valence-electron chi connectivity index (χ3n) is 2.45. The van der Waals surface area contributed by atoms with Crippen molar-refractivity contribution in [3.05, 3.63) is 34.3 Å². The van der Waals surface area contributed by atoms with Gasteiger partial charge in [-0.05, 0) is 17.0 Å². The lowest BCUT2D eigenvalue weighted by molar-refractivity contribution is 0.585. The van der Waals surface area contributed by atoms with Gasteiger partial charge in [0, 0.05) is 5.22 Å². The van der Waals surface area contributed by atoms with Crippen molar-refractivity contribution in [2.75, 3.05) is 6.54 Å². The topological polar surface area (TPSA) is 12.4 Å². The van der Waals surface area contributed by atoms with Crippen molar-refractivity contribution in [3.63, 3.8) is 0 Å². The van der Waals surface area contributed by atoms with Crippen LogP contribution in [0.4, 0.5) is 0 Å². The Morgan fingerprint density at radius 1 is 1.23 bits per heavy atom. The van der Waals surface area contributed by atoms with E-state index in [0.29, 0.717) is 0 Å². The number of fused-ring (bicyclic) bond motifs is 1. The predicted octanol–water partition coefficient (Wildman–Crippen LogP) is 1.40. The van der Waals surface area contributed by atoms with Crippen molar-refractivity contribution in [1.82, 2.24) is 0 Å². The van der Waals surface area contributed by atoms with Gasteiger partial charge in [-0.1, -0.05) is 39.0 Å². The maximum Gasteiger partial charge on any atom is 0.0650 e. The highest BCUT2D eigenvalue weighted by Gasteiger charge is 2.15. The Kier molecular flexibility index (Phi) is 1.76. The quantitative estimate of drug-likeness (QED) is 0.562. The fourth-order valence-electron chi connectivity index (χ4n) is 1.79. The summed E-state index contributed by atoms with van der Waals surface area (Å²) >= 11 is 0. The second-order valence-corrected chi connectivity index (χ2v) is 4.53. The minimum absolute atomic E-state index is 0.224. The minimum atomic E-state index is 0.224. The highest BCUT2D eigenvalue weighted by Crippen LogP contribution is 2.17. The van der Waals surface area contributed by atoms with Gasteiger partial charge in [-0.3, -0.25) is 4.99 Å². The van der Waals surface area contributed by atoms with Crippen LogP contribution in [-0.4, -0.2) is 6.54 Å². The zero-order valence-corrected chi connectivity index (χ0v) is 8.46. The van der Waals surface area contributed by atoms with Gasteiger partial charge in [-0.25, -0.2) is 0 Å². The summed E-state index contributed by atoms with van der Waals surface area (Å²) in [5, 5.41) is 2.50. The molecule has 0 unspecified atom stereocenters. The molecule has 1 nitrogen and oxygen atoms in total. The van der Waals surface area contributed by atoms with Gasteiger partial charge < -0.3 is 0 Å². The molecule has 0 radical (unpaired) electrons. The molecular weight excluding hydrogens is 158 g/mol. The third-order valence-corrected chi connectivity index (χ3v) is 2.45. The molecular formula is C12H15N. The van der Waals surface area contributed by atoms with Crippen molar-refractivity contribution >= 4 is 6.08 Å². The lowest BCUT2D eigenvalue weighted by atomic mass is 9.85. The van der Waals surface area contributed by atoms with Crippen LogP contribution in [0.5, 0.6) is 0 Å². The van der Waals surface area contributed by atoms with Gasteiger partial charge in [-0.2, -0.15) is 0 Å². The average Bonchev–Trinajstić information content (AvgIpc) is 2.48. The van der Waals surface area contributed by atoms with E-state index in [1.54, 1.807) is 0 Å². The molecule has 1 aromatic rings. The highest BCUT2D eigenvalue weighted by atomic mass is 14.7. The largest absolute Gasteiger partial charge is 0.281 e. The van der Waals surface area contributed by atoms with Crippen LogP contribution >= 0.6 is 0 Å². The first kappa shape index (κ1) is 8.49. The summed E-state index contributed by atoms with van der Waals surface area (Å²) in [6.07, 6.45) is 2.22. The summed E-state index contributed by atoms with van der Waals surface area (Å²) in [4.78, 5) is 4.42. The average molecular weight is 173 g/mol. The molecule has 0 amide bonds. The fraction of sp³-hybridized carbons (Fsp3) is 0.417. The van der Waals surface area contributed by atoms with Crippen molar-refractivity contribution in [2.45, 2.75) is 26.2 Å². The predicted molar refractivity (Wildman–Crippen MR) is 55.3 cm³/mol. The molecule has 0 aliphatic carbocycles. The van der Waals surface area contributed by atoms with Crippen LogP contribution in [0.3, 0.4) is 0 Å². The van der Waals surface area contributed by atoms with Gasteiger partial charge in [0.2, 0.25) is 0 Å². The van der Waals surface area contributed by atoms with E-state index in [2.05, 4.69) is 50.0 Å². The zero-order valence-electron chi connectivity index (χ0n) is 8.46.